The minimum atomic E-state index is -4.58. The molecule has 7 heteroatoms. The first-order valence-corrected chi connectivity index (χ1v) is 6.65. The minimum Gasteiger partial charge on any atom is -0.385 e. The molecule has 0 spiro atoms. The maximum absolute atomic E-state index is 13.5. The van der Waals surface area contributed by atoms with Crippen molar-refractivity contribution in [1.82, 2.24) is 4.98 Å². The molecule has 2 rings (SSSR count). The summed E-state index contributed by atoms with van der Waals surface area (Å²) in [5.41, 5.74) is -0.696. The second-order valence-corrected chi connectivity index (χ2v) is 5.13. The molecule has 0 radical (unpaired) electrons. The Morgan fingerprint density at radius 3 is 2.50 bits per heavy atom. The zero-order valence-corrected chi connectivity index (χ0v) is 12.3. The number of fused-ring (bicyclic) bond motifs is 1. The lowest BCUT2D eigenvalue weighted by molar-refractivity contribution is -0.141. The Bertz CT molecular complexity index is 668. The predicted octanol–water partition coefficient (Wildman–Crippen LogP) is 4.90. The van der Waals surface area contributed by atoms with Crippen LogP contribution in [0.15, 0.2) is 16.6 Å². The van der Waals surface area contributed by atoms with Gasteiger partial charge in [-0.3, -0.25) is 0 Å². The highest BCUT2D eigenvalue weighted by Crippen LogP contribution is 2.38. The highest BCUT2D eigenvalue weighted by Gasteiger charge is 2.36. The molecule has 1 aromatic heterocycles. The third-order valence-corrected chi connectivity index (χ3v) is 3.50. The average Bonchev–Trinajstić information content (AvgIpc) is 2.33. The van der Waals surface area contributed by atoms with Crippen molar-refractivity contribution in [3.63, 3.8) is 0 Å². The van der Waals surface area contributed by atoms with Crippen LogP contribution in [0, 0.1) is 12.7 Å². The summed E-state index contributed by atoms with van der Waals surface area (Å²) >= 11 is 3.03. The molecule has 0 saturated heterocycles. The van der Waals surface area contributed by atoms with Crippen LogP contribution in [0.2, 0.25) is 0 Å². The third-order valence-electron chi connectivity index (χ3n) is 2.89. The van der Waals surface area contributed by atoms with Crippen molar-refractivity contribution < 1.29 is 17.6 Å². The van der Waals surface area contributed by atoms with Gasteiger partial charge in [-0.05, 0) is 35.8 Å². The molecule has 108 valence electrons. The van der Waals surface area contributed by atoms with Crippen molar-refractivity contribution in [3.8, 4) is 0 Å². The number of hydrogen-bond acceptors (Lipinski definition) is 2. The van der Waals surface area contributed by atoms with Crippen LogP contribution < -0.4 is 5.32 Å². The molecular weight excluding hydrogens is 340 g/mol. The van der Waals surface area contributed by atoms with Gasteiger partial charge in [-0.1, -0.05) is 0 Å². The first-order chi connectivity index (χ1) is 9.25. The van der Waals surface area contributed by atoms with E-state index in [1.54, 1.807) is 6.92 Å². The van der Waals surface area contributed by atoms with Gasteiger partial charge in [-0.15, -0.1) is 0 Å². The summed E-state index contributed by atoms with van der Waals surface area (Å²) in [4.78, 5) is 3.57. The van der Waals surface area contributed by atoms with Gasteiger partial charge in [-0.2, -0.15) is 13.2 Å². The predicted molar refractivity (Wildman–Crippen MR) is 73.3 cm³/mol. The van der Waals surface area contributed by atoms with Gasteiger partial charge in [-0.25, -0.2) is 9.37 Å². The van der Waals surface area contributed by atoms with Crippen LogP contribution in [0.25, 0.3) is 10.9 Å². The maximum Gasteiger partial charge on any atom is 0.433 e. The van der Waals surface area contributed by atoms with Crippen LogP contribution in [-0.4, -0.2) is 11.5 Å². The number of rotatable bonds is 2. The van der Waals surface area contributed by atoms with Gasteiger partial charge in [0.15, 0.2) is 0 Å². The highest BCUT2D eigenvalue weighted by molar-refractivity contribution is 9.10. The van der Waals surface area contributed by atoms with Crippen LogP contribution in [0.5, 0.6) is 0 Å². The number of pyridine rings is 1. The number of alkyl halides is 3. The Morgan fingerprint density at radius 2 is 1.95 bits per heavy atom. The summed E-state index contributed by atoms with van der Waals surface area (Å²) in [5.74, 6) is -0.649. The number of nitrogens with one attached hydrogen (secondary N) is 1. The minimum absolute atomic E-state index is 0.00496. The Kier molecular flexibility index (Phi) is 3.90. The SMILES string of the molecule is CCNc1c(C)c(C(F)(F)F)nc2cc(F)c(Br)cc12. The molecule has 0 aliphatic carbocycles. The van der Waals surface area contributed by atoms with Crippen LogP contribution >= 0.6 is 15.9 Å². The monoisotopic (exact) mass is 350 g/mol. The molecule has 1 heterocycles. The standard InChI is InChI=1S/C13H11BrF4N2/c1-3-19-11-6(2)12(13(16,17)18)20-10-5-9(15)8(14)4-7(10)11/h4-5H,3H2,1-2H3,(H,19,20). The van der Waals surface area contributed by atoms with Gasteiger partial charge in [0, 0.05) is 29.2 Å². The molecular formula is C13H11BrF4N2. The van der Waals surface area contributed by atoms with Crippen LogP contribution in [-0.2, 0) is 6.18 Å². The lowest BCUT2D eigenvalue weighted by atomic mass is 10.1. The summed E-state index contributed by atoms with van der Waals surface area (Å²) in [6.45, 7) is 3.58. The molecule has 20 heavy (non-hydrogen) atoms. The van der Waals surface area contributed by atoms with E-state index in [-0.39, 0.29) is 15.6 Å². The largest absolute Gasteiger partial charge is 0.433 e. The lowest BCUT2D eigenvalue weighted by Crippen LogP contribution is -2.13. The van der Waals surface area contributed by atoms with E-state index in [2.05, 4.69) is 26.2 Å². The number of halogens is 5. The first kappa shape index (κ1) is 15.0. The van der Waals surface area contributed by atoms with Gasteiger partial charge in [0.1, 0.15) is 11.5 Å². The van der Waals surface area contributed by atoms with Crippen molar-refractivity contribution >= 4 is 32.5 Å². The number of nitrogens with zero attached hydrogens (tertiary/aromatic N) is 1. The molecule has 0 atom stereocenters. The molecule has 2 aromatic rings. The fraction of sp³-hybridized carbons (Fsp3) is 0.308. The topological polar surface area (TPSA) is 24.9 Å². The van der Waals surface area contributed by atoms with E-state index in [0.29, 0.717) is 17.6 Å². The first-order valence-electron chi connectivity index (χ1n) is 5.86. The summed E-state index contributed by atoms with van der Waals surface area (Å²) < 4.78 is 52.6. The maximum atomic E-state index is 13.5. The molecule has 2 nitrogen and oxygen atoms in total. The van der Waals surface area contributed by atoms with E-state index < -0.39 is 17.7 Å². The fourth-order valence-electron chi connectivity index (χ4n) is 2.03. The van der Waals surface area contributed by atoms with Crippen molar-refractivity contribution in [1.29, 1.82) is 0 Å². The molecule has 0 fully saturated rings. The summed E-state index contributed by atoms with van der Waals surface area (Å²) in [5, 5.41) is 3.34. The third kappa shape index (κ3) is 2.59. The summed E-state index contributed by atoms with van der Waals surface area (Å²) in [6, 6.07) is 2.43. The molecule has 0 aliphatic rings. The Labute approximate surface area is 121 Å². The lowest BCUT2D eigenvalue weighted by Gasteiger charge is -2.17. The smallest absolute Gasteiger partial charge is 0.385 e. The number of anilines is 1. The summed E-state index contributed by atoms with van der Waals surface area (Å²) in [7, 11) is 0. The van der Waals surface area contributed by atoms with E-state index in [0.717, 1.165) is 6.07 Å². The zero-order valence-electron chi connectivity index (χ0n) is 10.7. The zero-order chi connectivity index (χ0) is 15.1. The average molecular weight is 351 g/mol. The van der Waals surface area contributed by atoms with Crippen molar-refractivity contribution in [2.75, 3.05) is 11.9 Å². The number of aromatic nitrogens is 1. The van der Waals surface area contributed by atoms with Crippen molar-refractivity contribution in [2.24, 2.45) is 0 Å². The fourth-order valence-corrected chi connectivity index (χ4v) is 2.38. The highest BCUT2D eigenvalue weighted by atomic mass is 79.9. The molecule has 0 bridgehead atoms. The number of hydrogen-bond donors (Lipinski definition) is 1. The second-order valence-electron chi connectivity index (χ2n) is 4.27. The van der Waals surface area contributed by atoms with Gasteiger partial charge in [0.2, 0.25) is 0 Å². The molecule has 1 N–H and O–H groups in total. The Morgan fingerprint density at radius 1 is 1.30 bits per heavy atom. The van der Waals surface area contributed by atoms with Gasteiger partial charge in [0.05, 0.1) is 9.99 Å². The van der Waals surface area contributed by atoms with E-state index in [9.17, 15) is 17.6 Å². The van der Waals surface area contributed by atoms with Crippen molar-refractivity contribution in [3.05, 3.63) is 33.7 Å². The van der Waals surface area contributed by atoms with Crippen LogP contribution in [0.3, 0.4) is 0 Å². The number of benzene rings is 1. The molecule has 0 saturated carbocycles. The van der Waals surface area contributed by atoms with Gasteiger partial charge < -0.3 is 5.32 Å². The van der Waals surface area contributed by atoms with E-state index in [1.165, 1.54) is 13.0 Å². The molecule has 0 aliphatic heterocycles. The molecule has 0 unspecified atom stereocenters. The molecule has 1 aromatic carbocycles. The molecule has 0 amide bonds. The summed E-state index contributed by atoms with van der Waals surface area (Å²) in [6.07, 6.45) is -4.58. The second kappa shape index (κ2) is 5.20. The van der Waals surface area contributed by atoms with E-state index in [1.807, 2.05) is 0 Å². The Hall–Kier alpha value is -1.37. The van der Waals surface area contributed by atoms with Gasteiger partial charge in [0.25, 0.3) is 0 Å². The van der Waals surface area contributed by atoms with Crippen molar-refractivity contribution in [2.45, 2.75) is 20.0 Å². The van der Waals surface area contributed by atoms with E-state index >= 15 is 0 Å². The van der Waals surface area contributed by atoms with Crippen LogP contribution in [0.1, 0.15) is 18.2 Å². The van der Waals surface area contributed by atoms with Gasteiger partial charge >= 0.3 is 6.18 Å². The van der Waals surface area contributed by atoms with E-state index in [4.69, 9.17) is 0 Å². The Balaban J connectivity index is 2.87. The van der Waals surface area contributed by atoms with Crippen LogP contribution in [0.4, 0.5) is 23.2 Å². The normalized spacial score (nSPS) is 11.9. The quantitative estimate of drug-likeness (QED) is 0.779.